The molecule has 0 spiro atoms. The van der Waals surface area contributed by atoms with Gasteiger partial charge < -0.3 is 9.64 Å². The zero-order valence-electron chi connectivity index (χ0n) is 16.2. The van der Waals surface area contributed by atoms with Crippen molar-refractivity contribution in [3.63, 3.8) is 0 Å². The molecule has 1 aliphatic rings. The smallest absolute Gasteiger partial charge is 0.330 e. The first-order chi connectivity index (χ1) is 13.6. The largest absolute Gasteiger partial charge is 0.469 e. The maximum atomic E-state index is 13.2. The predicted octanol–water partition coefficient (Wildman–Crippen LogP) is 5.11. The molecule has 28 heavy (non-hydrogen) atoms. The van der Waals surface area contributed by atoms with Crippen LogP contribution in [0.1, 0.15) is 43.9 Å². The van der Waals surface area contributed by atoms with Gasteiger partial charge in [0.25, 0.3) is 0 Å². The lowest BCUT2D eigenvalue weighted by Crippen LogP contribution is -2.62. The minimum absolute atomic E-state index is 0.127. The molecule has 2 aromatic carbocycles. The lowest BCUT2D eigenvalue weighted by atomic mass is 10.1. The third-order valence-electron chi connectivity index (χ3n) is 4.95. The highest BCUT2D eigenvalue weighted by molar-refractivity contribution is 9.08. The first-order valence-corrected chi connectivity index (χ1v) is 10.7. The summed E-state index contributed by atoms with van der Waals surface area (Å²) in [5.41, 5.74) is 2.02. The van der Waals surface area contributed by atoms with E-state index in [1.54, 1.807) is 4.90 Å². The van der Waals surface area contributed by atoms with Crippen LogP contribution in [0.3, 0.4) is 0 Å². The van der Waals surface area contributed by atoms with Gasteiger partial charge in [-0.1, -0.05) is 71.4 Å². The Morgan fingerprint density at radius 3 is 2.54 bits per heavy atom. The summed E-state index contributed by atoms with van der Waals surface area (Å²) in [6.45, 7) is 4.59. The summed E-state index contributed by atoms with van der Waals surface area (Å²) < 4.78 is 6.02. The Labute approximate surface area is 174 Å². The van der Waals surface area contributed by atoms with Crippen LogP contribution in [0, 0.1) is 0 Å². The molecule has 3 rings (SSSR count). The molecule has 0 N–H and O–H groups in total. The highest BCUT2D eigenvalue weighted by Gasteiger charge is 2.45. The summed E-state index contributed by atoms with van der Waals surface area (Å²) in [5.74, 6) is 0.487. The molecule has 2 aromatic rings. The molecule has 0 bridgehead atoms. The van der Waals surface area contributed by atoms with Crippen LogP contribution in [0.25, 0.3) is 0 Å². The number of amides is 3. The molecule has 0 radical (unpaired) electrons. The Bertz CT molecular complexity index is 828. The van der Waals surface area contributed by atoms with Crippen molar-refractivity contribution >= 4 is 27.9 Å². The summed E-state index contributed by atoms with van der Waals surface area (Å²) in [5, 5.41) is 0.644. The molecule has 0 aliphatic carbocycles. The van der Waals surface area contributed by atoms with Crippen LogP contribution in [0.15, 0.2) is 54.6 Å². The van der Waals surface area contributed by atoms with Gasteiger partial charge in [0.1, 0.15) is 5.75 Å². The Morgan fingerprint density at radius 1 is 1.21 bits per heavy atom. The molecule has 148 valence electrons. The molecule has 1 fully saturated rings. The van der Waals surface area contributed by atoms with Gasteiger partial charge >= 0.3 is 6.03 Å². The van der Waals surface area contributed by atoms with Gasteiger partial charge in [0, 0.05) is 17.4 Å². The number of β-lactam (4-membered cyclic amide) rings is 1. The van der Waals surface area contributed by atoms with Gasteiger partial charge in [-0.15, -0.1) is 0 Å². The van der Waals surface area contributed by atoms with Gasteiger partial charge in [-0.25, -0.2) is 9.69 Å². The fourth-order valence-electron chi connectivity index (χ4n) is 3.33. The number of hydrogen-bond donors (Lipinski definition) is 0. The predicted molar refractivity (Wildman–Crippen MR) is 112 cm³/mol. The van der Waals surface area contributed by atoms with Crippen LogP contribution < -0.4 is 4.74 Å². The van der Waals surface area contributed by atoms with E-state index in [1.165, 1.54) is 4.90 Å². The van der Waals surface area contributed by atoms with E-state index in [9.17, 15) is 9.59 Å². The van der Waals surface area contributed by atoms with Gasteiger partial charge in [-0.05, 0) is 25.0 Å². The lowest BCUT2D eigenvalue weighted by molar-refractivity contribution is -0.154. The molecule has 1 aliphatic heterocycles. The van der Waals surface area contributed by atoms with Crippen molar-refractivity contribution in [1.29, 1.82) is 0 Å². The first-order valence-electron chi connectivity index (χ1n) is 9.55. The molecular weight excluding hydrogens is 420 g/mol. The minimum atomic E-state index is -0.567. The van der Waals surface area contributed by atoms with E-state index < -0.39 is 6.23 Å². The van der Waals surface area contributed by atoms with Crippen LogP contribution in [-0.4, -0.2) is 34.5 Å². The Hall–Kier alpha value is -2.34. The van der Waals surface area contributed by atoms with E-state index >= 15 is 0 Å². The molecule has 0 aromatic heterocycles. The van der Waals surface area contributed by atoms with Crippen molar-refractivity contribution in [2.45, 2.75) is 44.3 Å². The van der Waals surface area contributed by atoms with Crippen LogP contribution in [0.2, 0.25) is 0 Å². The lowest BCUT2D eigenvalue weighted by Gasteiger charge is -2.42. The highest BCUT2D eigenvalue weighted by Crippen LogP contribution is 2.30. The summed E-state index contributed by atoms with van der Waals surface area (Å²) in [7, 11) is 0. The number of carbonyl (C=O) groups is 2. The molecule has 1 heterocycles. The first kappa shape index (κ1) is 20.4. The Morgan fingerprint density at radius 2 is 1.89 bits per heavy atom. The van der Waals surface area contributed by atoms with Crippen molar-refractivity contribution in [1.82, 2.24) is 9.80 Å². The molecule has 1 unspecified atom stereocenters. The number of benzene rings is 2. The Kier molecular flexibility index (Phi) is 6.73. The van der Waals surface area contributed by atoms with E-state index in [2.05, 4.69) is 15.9 Å². The summed E-state index contributed by atoms with van der Waals surface area (Å²) in [6, 6.07) is 17.1. The normalized spacial score (nSPS) is 17.0. The number of nitrogens with zero attached hydrogens (tertiary/aromatic N) is 2. The number of halogens is 1. The van der Waals surface area contributed by atoms with E-state index in [4.69, 9.17) is 4.74 Å². The topological polar surface area (TPSA) is 49.9 Å². The van der Waals surface area contributed by atoms with Gasteiger partial charge in [0.2, 0.25) is 5.91 Å². The minimum Gasteiger partial charge on any atom is -0.469 e. The molecule has 1 saturated heterocycles. The monoisotopic (exact) mass is 444 g/mol. The van der Waals surface area contributed by atoms with Crippen molar-refractivity contribution in [2.75, 3.05) is 6.54 Å². The number of para-hydroxylation sites is 1. The zero-order valence-corrected chi connectivity index (χ0v) is 17.8. The third kappa shape index (κ3) is 4.22. The standard InChI is InChI=1S/C22H25BrN2O3/c1-3-13-24(16(2)17-9-5-4-6-10-17)22(27)25-20(26)14-21(25)28-19-12-8-7-11-18(19)15-23/h4-12,16,21H,3,13-15H2,1-2H3/t16-,21?/m1/s1. The fraction of sp³-hybridized carbons (Fsp3) is 0.364. The second kappa shape index (κ2) is 9.24. The molecule has 2 atom stereocenters. The molecule has 5 nitrogen and oxygen atoms in total. The maximum absolute atomic E-state index is 13.2. The van der Waals surface area contributed by atoms with E-state index in [1.807, 2.05) is 68.4 Å². The highest BCUT2D eigenvalue weighted by atomic mass is 79.9. The van der Waals surface area contributed by atoms with Crippen molar-refractivity contribution < 1.29 is 14.3 Å². The number of urea groups is 1. The maximum Gasteiger partial charge on any atom is 0.330 e. The van der Waals surface area contributed by atoms with Crippen molar-refractivity contribution in [2.24, 2.45) is 0 Å². The Balaban J connectivity index is 1.78. The van der Waals surface area contributed by atoms with Crippen LogP contribution in [0.4, 0.5) is 4.79 Å². The molecule has 3 amide bonds. The summed E-state index contributed by atoms with van der Waals surface area (Å²) >= 11 is 3.45. The summed E-state index contributed by atoms with van der Waals surface area (Å²) in [4.78, 5) is 28.5. The second-order valence-electron chi connectivity index (χ2n) is 6.84. The van der Waals surface area contributed by atoms with E-state index in [0.29, 0.717) is 17.6 Å². The van der Waals surface area contributed by atoms with E-state index in [-0.39, 0.29) is 24.4 Å². The molecule has 0 saturated carbocycles. The fourth-order valence-corrected chi connectivity index (χ4v) is 3.80. The van der Waals surface area contributed by atoms with Gasteiger partial charge in [0.15, 0.2) is 6.23 Å². The number of imide groups is 1. The SMILES string of the molecule is CCCN(C(=O)N1C(=O)CC1Oc1ccccc1CBr)[C@H](C)c1ccccc1. The van der Waals surface area contributed by atoms with Crippen LogP contribution >= 0.6 is 15.9 Å². The number of rotatable bonds is 7. The second-order valence-corrected chi connectivity index (χ2v) is 7.41. The van der Waals surface area contributed by atoms with Crippen LogP contribution in [-0.2, 0) is 10.1 Å². The summed E-state index contributed by atoms with van der Waals surface area (Å²) in [6.07, 6.45) is 0.452. The average Bonchev–Trinajstić information content (AvgIpc) is 2.71. The van der Waals surface area contributed by atoms with Gasteiger partial charge in [-0.2, -0.15) is 0 Å². The van der Waals surface area contributed by atoms with Crippen molar-refractivity contribution in [3.8, 4) is 5.75 Å². The van der Waals surface area contributed by atoms with Crippen molar-refractivity contribution in [3.05, 3.63) is 65.7 Å². The number of likely N-dealkylation sites (tertiary alicyclic amines) is 1. The molecular formula is C22H25BrN2O3. The number of hydrogen-bond acceptors (Lipinski definition) is 3. The zero-order chi connectivity index (χ0) is 20.1. The van der Waals surface area contributed by atoms with Gasteiger partial charge in [0.05, 0.1) is 12.5 Å². The number of ether oxygens (including phenoxy) is 1. The molecule has 6 heteroatoms. The average molecular weight is 445 g/mol. The quantitative estimate of drug-likeness (QED) is 0.440. The van der Waals surface area contributed by atoms with E-state index in [0.717, 1.165) is 17.5 Å². The number of alkyl halides is 1. The third-order valence-corrected chi connectivity index (χ3v) is 5.56. The van der Waals surface area contributed by atoms with Crippen LogP contribution in [0.5, 0.6) is 5.75 Å². The number of carbonyl (C=O) groups excluding carboxylic acids is 2. The van der Waals surface area contributed by atoms with Gasteiger partial charge in [-0.3, -0.25) is 4.79 Å².